The molecule has 1 amide bonds. The Hall–Kier alpha value is -1.04. The fourth-order valence-corrected chi connectivity index (χ4v) is 2.67. The lowest BCUT2D eigenvalue weighted by Crippen LogP contribution is -2.50. The Morgan fingerprint density at radius 1 is 1.50 bits per heavy atom. The predicted octanol–water partition coefficient (Wildman–Crippen LogP) is 1.95. The molecule has 110 valence electrons. The monoisotopic (exact) mass is 294 g/mol. The zero-order chi connectivity index (χ0) is 14.8. The van der Waals surface area contributed by atoms with Crippen molar-refractivity contribution in [2.45, 2.75) is 30.8 Å². The van der Waals surface area contributed by atoms with Crippen molar-refractivity contribution in [3.8, 4) is 0 Å². The first kappa shape index (κ1) is 15.4. The fourth-order valence-electron chi connectivity index (χ4n) is 2.26. The number of carbonyl (C=O) groups is 1. The molecular formula is C15H22N2O2S. The lowest BCUT2D eigenvalue weighted by Gasteiger charge is -2.27. The average Bonchev–Trinajstić information content (AvgIpc) is 2.80. The molecule has 1 aliphatic heterocycles. The van der Waals surface area contributed by atoms with Gasteiger partial charge in [0, 0.05) is 10.9 Å². The Labute approximate surface area is 124 Å². The van der Waals surface area contributed by atoms with E-state index >= 15 is 0 Å². The molecule has 0 radical (unpaired) electrons. The van der Waals surface area contributed by atoms with Crippen LogP contribution < -0.4 is 11.1 Å². The average molecular weight is 294 g/mol. The van der Waals surface area contributed by atoms with Gasteiger partial charge in [-0.3, -0.25) is 4.79 Å². The molecule has 0 aromatic heterocycles. The minimum Gasteiger partial charge on any atom is -0.379 e. The quantitative estimate of drug-likeness (QED) is 0.833. The maximum Gasteiger partial charge on any atom is 0.230 e. The SMILES string of the molecule is CSc1ccc(C(C)NC(=O)C2(C)COCC2N)cc1. The van der Waals surface area contributed by atoms with E-state index in [1.54, 1.807) is 11.8 Å². The molecule has 1 aromatic carbocycles. The Kier molecular flexibility index (Phi) is 4.73. The summed E-state index contributed by atoms with van der Waals surface area (Å²) in [5.41, 5.74) is 6.44. The van der Waals surface area contributed by atoms with Crippen molar-refractivity contribution in [3.05, 3.63) is 29.8 Å². The summed E-state index contributed by atoms with van der Waals surface area (Å²) in [6.07, 6.45) is 2.04. The number of thioether (sulfide) groups is 1. The molecule has 2 rings (SSSR count). The van der Waals surface area contributed by atoms with Crippen molar-refractivity contribution in [2.24, 2.45) is 11.1 Å². The van der Waals surface area contributed by atoms with Gasteiger partial charge in [-0.15, -0.1) is 11.8 Å². The normalized spacial score (nSPS) is 27.3. The van der Waals surface area contributed by atoms with Gasteiger partial charge < -0.3 is 15.8 Å². The number of nitrogens with one attached hydrogen (secondary N) is 1. The van der Waals surface area contributed by atoms with Crippen LogP contribution in [-0.4, -0.2) is 31.4 Å². The van der Waals surface area contributed by atoms with E-state index in [1.165, 1.54) is 4.90 Å². The molecule has 4 nitrogen and oxygen atoms in total. The van der Waals surface area contributed by atoms with Crippen molar-refractivity contribution < 1.29 is 9.53 Å². The zero-order valence-electron chi connectivity index (χ0n) is 12.2. The van der Waals surface area contributed by atoms with Crippen molar-refractivity contribution in [1.82, 2.24) is 5.32 Å². The molecule has 0 bridgehead atoms. The van der Waals surface area contributed by atoms with E-state index in [0.29, 0.717) is 13.2 Å². The van der Waals surface area contributed by atoms with Crippen LogP contribution in [0.25, 0.3) is 0 Å². The molecule has 3 unspecified atom stereocenters. The van der Waals surface area contributed by atoms with E-state index in [1.807, 2.05) is 32.2 Å². The summed E-state index contributed by atoms with van der Waals surface area (Å²) < 4.78 is 5.32. The number of hydrogen-bond donors (Lipinski definition) is 2. The highest BCUT2D eigenvalue weighted by Gasteiger charge is 2.44. The number of benzene rings is 1. The second-order valence-corrected chi connectivity index (χ2v) is 6.39. The summed E-state index contributed by atoms with van der Waals surface area (Å²) in [7, 11) is 0. The van der Waals surface area contributed by atoms with Gasteiger partial charge in [-0.05, 0) is 37.8 Å². The fraction of sp³-hybridized carbons (Fsp3) is 0.533. The van der Waals surface area contributed by atoms with E-state index in [4.69, 9.17) is 10.5 Å². The molecule has 0 aliphatic carbocycles. The van der Waals surface area contributed by atoms with E-state index < -0.39 is 5.41 Å². The van der Waals surface area contributed by atoms with Gasteiger partial charge in [0.2, 0.25) is 5.91 Å². The lowest BCUT2D eigenvalue weighted by molar-refractivity contribution is -0.131. The number of hydrogen-bond acceptors (Lipinski definition) is 4. The number of nitrogens with two attached hydrogens (primary N) is 1. The Bertz CT molecular complexity index is 477. The van der Waals surface area contributed by atoms with Crippen LogP contribution in [0, 0.1) is 5.41 Å². The summed E-state index contributed by atoms with van der Waals surface area (Å²) in [6, 6.07) is 7.94. The summed E-state index contributed by atoms with van der Waals surface area (Å²) in [5.74, 6) is -0.0380. The van der Waals surface area contributed by atoms with Gasteiger partial charge in [-0.2, -0.15) is 0 Å². The first-order valence-electron chi connectivity index (χ1n) is 6.75. The van der Waals surface area contributed by atoms with Crippen molar-refractivity contribution in [2.75, 3.05) is 19.5 Å². The smallest absolute Gasteiger partial charge is 0.230 e. The van der Waals surface area contributed by atoms with Gasteiger partial charge in [-0.1, -0.05) is 12.1 Å². The third-order valence-corrected chi connectivity index (χ3v) is 4.74. The van der Waals surface area contributed by atoms with Crippen LogP contribution >= 0.6 is 11.8 Å². The van der Waals surface area contributed by atoms with Gasteiger partial charge in [0.25, 0.3) is 0 Å². The summed E-state index contributed by atoms with van der Waals surface area (Å²) in [4.78, 5) is 13.6. The highest BCUT2D eigenvalue weighted by atomic mass is 32.2. The van der Waals surface area contributed by atoms with Gasteiger partial charge >= 0.3 is 0 Å². The van der Waals surface area contributed by atoms with Crippen LogP contribution in [0.2, 0.25) is 0 Å². The topological polar surface area (TPSA) is 64.3 Å². The van der Waals surface area contributed by atoms with E-state index in [-0.39, 0.29) is 18.0 Å². The number of amides is 1. The van der Waals surface area contributed by atoms with Gasteiger partial charge in [-0.25, -0.2) is 0 Å². The van der Waals surface area contributed by atoms with Crippen LogP contribution in [0.15, 0.2) is 29.2 Å². The molecule has 1 saturated heterocycles. The highest BCUT2D eigenvalue weighted by Crippen LogP contribution is 2.28. The van der Waals surface area contributed by atoms with Gasteiger partial charge in [0.05, 0.1) is 24.7 Å². The maximum absolute atomic E-state index is 12.4. The maximum atomic E-state index is 12.4. The first-order valence-corrected chi connectivity index (χ1v) is 7.98. The molecule has 5 heteroatoms. The Balaban J connectivity index is 2.03. The third-order valence-electron chi connectivity index (χ3n) is 4.00. The summed E-state index contributed by atoms with van der Waals surface area (Å²) in [6.45, 7) is 4.68. The molecule has 0 saturated carbocycles. The van der Waals surface area contributed by atoms with Crippen LogP contribution in [0.1, 0.15) is 25.5 Å². The molecular weight excluding hydrogens is 272 g/mol. The molecule has 3 atom stereocenters. The molecule has 1 heterocycles. The molecule has 0 spiro atoms. The second kappa shape index (κ2) is 6.16. The van der Waals surface area contributed by atoms with Gasteiger partial charge in [0.1, 0.15) is 0 Å². The highest BCUT2D eigenvalue weighted by molar-refractivity contribution is 7.98. The minimum atomic E-state index is -0.631. The van der Waals surface area contributed by atoms with Crippen LogP contribution in [0.5, 0.6) is 0 Å². The van der Waals surface area contributed by atoms with E-state index in [2.05, 4.69) is 17.4 Å². The van der Waals surface area contributed by atoms with Crippen molar-refractivity contribution in [1.29, 1.82) is 0 Å². The Morgan fingerprint density at radius 2 is 2.15 bits per heavy atom. The zero-order valence-corrected chi connectivity index (χ0v) is 13.0. The summed E-state index contributed by atoms with van der Waals surface area (Å²) >= 11 is 1.70. The standard InChI is InChI=1S/C15H22N2O2S/c1-10(11-4-6-12(20-3)7-5-11)17-14(18)15(2)9-19-8-13(15)16/h4-7,10,13H,8-9,16H2,1-3H3,(H,17,18). The van der Waals surface area contributed by atoms with Crippen molar-refractivity contribution in [3.63, 3.8) is 0 Å². The predicted molar refractivity (Wildman–Crippen MR) is 81.7 cm³/mol. The first-order chi connectivity index (χ1) is 9.47. The number of ether oxygens (including phenoxy) is 1. The minimum absolute atomic E-state index is 0.0380. The van der Waals surface area contributed by atoms with Crippen LogP contribution in [0.4, 0.5) is 0 Å². The number of rotatable bonds is 4. The Morgan fingerprint density at radius 3 is 2.65 bits per heavy atom. The molecule has 1 aliphatic rings. The lowest BCUT2D eigenvalue weighted by atomic mass is 9.84. The molecule has 3 N–H and O–H groups in total. The second-order valence-electron chi connectivity index (χ2n) is 5.51. The van der Waals surface area contributed by atoms with E-state index in [0.717, 1.165) is 5.56 Å². The van der Waals surface area contributed by atoms with Gasteiger partial charge in [0.15, 0.2) is 0 Å². The molecule has 1 aromatic rings. The van der Waals surface area contributed by atoms with Crippen molar-refractivity contribution >= 4 is 17.7 Å². The largest absolute Gasteiger partial charge is 0.379 e. The third kappa shape index (κ3) is 3.00. The van der Waals surface area contributed by atoms with Crippen LogP contribution in [0.3, 0.4) is 0 Å². The van der Waals surface area contributed by atoms with E-state index in [9.17, 15) is 4.79 Å². The number of carbonyl (C=O) groups excluding carboxylic acids is 1. The summed E-state index contributed by atoms with van der Waals surface area (Å²) in [5, 5.41) is 3.04. The molecule has 1 fully saturated rings. The van der Waals surface area contributed by atoms with Crippen LogP contribution in [-0.2, 0) is 9.53 Å². The molecule has 20 heavy (non-hydrogen) atoms.